The van der Waals surface area contributed by atoms with Crippen LogP contribution in [0.3, 0.4) is 0 Å². The summed E-state index contributed by atoms with van der Waals surface area (Å²) in [4.78, 5) is 11.8. The standard InChI is InChI=1S/C5H9O2.C5H8O.In/c1-5(2,3)7-4-6;1-2-3-4-5-6;/h1-3H3;2-6H,1H3;. The topological polar surface area (TPSA) is 46.5 Å². The van der Waals surface area contributed by atoms with E-state index in [-0.39, 0.29) is 7.40 Å². The Kier molecular flexibility index (Phi) is 3.69. The molecular weight excluding hydrogens is 283 g/mol. The molecule has 14 heavy (non-hydrogen) atoms. The van der Waals surface area contributed by atoms with Crippen molar-refractivity contribution in [1.82, 2.24) is 0 Å². The summed E-state index contributed by atoms with van der Waals surface area (Å²) < 4.78 is 4.99. The van der Waals surface area contributed by atoms with Gasteiger partial charge in [0.2, 0.25) is 0 Å². The quantitative estimate of drug-likeness (QED) is 0.752. The zero-order chi connectivity index (χ0) is 10.9. The van der Waals surface area contributed by atoms with E-state index in [4.69, 9.17) is 4.74 Å². The Labute approximate surface area is 92.7 Å². The molecule has 4 heteroatoms. The van der Waals surface area contributed by atoms with Gasteiger partial charge in [-0.25, -0.2) is 0 Å². The summed E-state index contributed by atoms with van der Waals surface area (Å²) in [5, 5.41) is 9.63. The number of aliphatic hydroxyl groups is 1. The summed E-state index contributed by atoms with van der Waals surface area (Å²) in [6, 6.07) is 0. The molecule has 0 saturated carbocycles. The van der Waals surface area contributed by atoms with E-state index in [2.05, 4.69) is 0 Å². The Morgan fingerprint density at radius 2 is 2.00 bits per heavy atom. The van der Waals surface area contributed by atoms with E-state index >= 15 is 0 Å². The van der Waals surface area contributed by atoms with Gasteiger partial charge in [-0.1, -0.05) is 0 Å². The molecule has 1 aliphatic heterocycles. The predicted octanol–water partition coefficient (Wildman–Crippen LogP) is 1.86. The number of carbonyl (C=O) groups excluding carboxylic acids is 1. The van der Waals surface area contributed by atoms with Crippen molar-refractivity contribution in [3.05, 3.63) is 12.2 Å². The van der Waals surface area contributed by atoms with E-state index in [0.29, 0.717) is 0 Å². The number of hydrogen-bond acceptors (Lipinski definition) is 3. The molecule has 0 fully saturated rings. The third-order valence-electron chi connectivity index (χ3n) is 2.23. The zero-order valence-corrected chi connectivity index (χ0v) is 12.4. The summed E-state index contributed by atoms with van der Waals surface area (Å²) >= 11 is -2.62. The molecule has 1 aliphatic rings. The average molecular weight is 300 g/mol. The first-order chi connectivity index (χ1) is 6.31. The molecule has 0 saturated heterocycles. The molecule has 0 radical (unpaired) electrons. The molecular formula is C10H17InO3. The molecule has 2 unspecified atom stereocenters. The Morgan fingerprint density at radius 3 is 2.36 bits per heavy atom. The molecule has 0 bridgehead atoms. The third-order valence-corrected chi connectivity index (χ3v) is 10.7. The summed E-state index contributed by atoms with van der Waals surface area (Å²) in [7, 11) is 0. The first-order valence-electron chi connectivity index (χ1n) is 4.90. The van der Waals surface area contributed by atoms with Gasteiger partial charge < -0.3 is 0 Å². The van der Waals surface area contributed by atoms with Crippen molar-refractivity contribution in [1.29, 1.82) is 0 Å². The fraction of sp³-hybridized carbons (Fsp3) is 0.700. The minimum absolute atomic E-state index is 0.107. The molecule has 1 heterocycles. The number of allylic oxidation sites excluding steroid dienone is 1. The van der Waals surface area contributed by atoms with Crippen LogP contribution in [0.1, 0.15) is 27.7 Å². The molecule has 0 spiro atoms. The van der Waals surface area contributed by atoms with Gasteiger partial charge in [-0.05, 0) is 0 Å². The summed E-state index contributed by atoms with van der Waals surface area (Å²) in [6.07, 6.45) is 3.69. The van der Waals surface area contributed by atoms with Crippen molar-refractivity contribution in [2.45, 2.75) is 40.8 Å². The van der Waals surface area contributed by atoms with Crippen LogP contribution in [-0.2, 0) is 4.74 Å². The van der Waals surface area contributed by atoms with Gasteiger partial charge in [0.05, 0.1) is 0 Å². The van der Waals surface area contributed by atoms with Gasteiger partial charge in [0.25, 0.3) is 0 Å². The number of aliphatic hydroxyl groups excluding tert-OH is 1. The first kappa shape index (κ1) is 12.1. The number of hydrogen-bond donors (Lipinski definition) is 1. The van der Waals surface area contributed by atoms with Crippen molar-refractivity contribution in [3.8, 4) is 0 Å². The Hall–Kier alpha value is 0.0401. The van der Waals surface area contributed by atoms with Crippen LogP contribution in [-0.4, -0.2) is 39.7 Å². The normalized spacial score (nSPS) is 26.8. The molecule has 1 N–H and O–H groups in total. The van der Waals surface area contributed by atoms with Gasteiger partial charge in [0.15, 0.2) is 0 Å². The minimum atomic E-state index is -2.62. The van der Waals surface area contributed by atoms with Crippen LogP contribution in [0.25, 0.3) is 0 Å². The van der Waals surface area contributed by atoms with Crippen molar-refractivity contribution >= 4 is 25.2 Å². The van der Waals surface area contributed by atoms with Crippen LogP contribution in [0, 0.1) is 0 Å². The third kappa shape index (κ3) is 3.02. The second-order valence-electron chi connectivity index (χ2n) is 4.79. The molecule has 2 atom stereocenters. The second-order valence-corrected chi connectivity index (χ2v) is 14.1. The van der Waals surface area contributed by atoms with Gasteiger partial charge in [-0.3, -0.25) is 0 Å². The van der Waals surface area contributed by atoms with E-state index in [1.165, 1.54) is 0 Å². The molecule has 0 aromatic heterocycles. The van der Waals surface area contributed by atoms with Crippen LogP contribution >= 0.6 is 0 Å². The van der Waals surface area contributed by atoms with Crippen molar-refractivity contribution in [2.75, 3.05) is 0 Å². The van der Waals surface area contributed by atoms with E-state index in [9.17, 15) is 9.90 Å². The van der Waals surface area contributed by atoms with Gasteiger partial charge in [0.1, 0.15) is 0 Å². The summed E-state index contributed by atoms with van der Waals surface area (Å²) in [6.45, 7) is 7.57. The zero-order valence-electron chi connectivity index (χ0n) is 9.15. The summed E-state index contributed by atoms with van der Waals surface area (Å²) in [5.74, 6) is 0. The van der Waals surface area contributed by atoms with E-state index in [1.54, 1.807) is 6.08 Å². The van der Waals surface area contributed by atoms with Gasteiger partial charge in [-0.2, -0.15) is 0 Å². The van der Waals surface area contributed by atoms with E-state index < -0.39 is 30.9 Å². The average Bonchev–Trinajstić information content (AvgIpc) is 2.27. The maximum absolute atomic E-state index is 11.8. The Balaban J connectivity index is 2.62. The predicted molar refractivity (Wildman–Crippen MR) is 56.6 cm³/mol. The number of carbonyl (C=O) groups is 1. The maximum atomic E-state index is 11.8. The molecule has 0 amide bonds. The van der Waals surface area contributed by atoms with Crippen molar-refractivity contribution in [3.63, 3.8) is 0 Å². The Bertz CT molecular complexity index is 243. The number of rotatable bonds is 1. The molecule has 78 valence electrons. The first-order valence-corrected chi connectivity index (χ1v) is 10.4. The van der Waals surface area contributed by atoms with Crippen LogP contribution in [0.5, 0.6) is 0 Å². The number of ether oxygens (including phenoxy) is 1. The van der Waals surface area contributed by atoms with Crippen LogP contribution in [0.4, 0.5) is 4.79 Å². The van der Waals surface area contributed by atoms with Gasteiger partial charge in [-0.15, -0.1) is 0 Å². The van der Waals surface area contributed by atoms with Gasteiger partial charge >= 0.3 is 92.8 Å². The molecule has 0 aromatic rings. The van der Waals surface area contributed by atoms with Crippen molar-refractivity contribution < 1.29 is 14.6 Å². The van der Waals surface area contributed by atoms with E-state index in [1.807, 2.05) is 33.8 Å². The van der Waals surface area contributed by atoms with Gasteiger partial charge in [0, 0.05) is 0 Å². The fourth-order valence-electron chi connectivity index (χ4n) is 1.56. The monoisotopic (exact) mass is 300 g/mol. The molecule has 0 aromatic carbocycles. The van der Waals surface area contributed by atoms with Crippen LogP contribution in [0.15, 0.2) is 12.2 Å². The fourth-order valence-corrected chi connectivity index (χ4v) is 8.86. The molecule has 1 rings (SSSR count). The Morgan fingerprint density at radius 1 is 1.43 bits per heavy atom. The van der Waals surface area contributed by atoms with Crippen LogP contribution in [0.2, 0.25) is 3.67 Å². The second kappa shape index (κ2) is 4.27. The summed E-state index contributed by atoms with van der Waals surface area (Å²) in [5.41, 5.74) is -0.434. The van der Waals surface area contributed by atoms with Crippen molar-refractivity contribution in [2.24, 2.45) is 0 Å². The molecule has 0 aliphatic carbocycles. The van der Waals surface area contributed by atoms with E-state index in [0.717, 1.165) is 0 Å². The molecule has 3 nitrogen and oxygen atoms in total. The SMILES string of the molecule is C[CH]1C=C[CH](O)[In]1[C](=O)OC(C)(C)C. The van der Waals surface area contributed by atoms with Crippen LogP contribution < -0.4 is 0 Å².